The van der Waals surface area contributed by atoms with Crippen LogP contribution in [0.15, 0.2) is 23.9 Å². The van der Waals surface area contributed by atoms with Gasteiger partial charge in [-0.15, -0.1) is 0 Å². The number of carbonyl (C=O) groups excluding carboxylic acids is 1. The summed E-state index contributed by atoms with van der Waals surface area (Å²) < 4.78 is 0. The molecule has 0 spiro atoms. The van der Waals surface area contributed by atoms with Crippen LogP contribution in [0.3, 0.4) is 0 Å². The molecule has 0 radical (unpaired) electrons. The molecule has 54 valence electrons. The highest BCUT2D eigenvalue weighted by Gasteiger charge is 2.00. The molecule has 1 rings (SSSR count). The van der Waals surface area contributed by atoms with E-state index in [0.717, 1.165) is 24.8 Å². The SMILES string of the molecule is CN1C=C/C(=C\C=O)CC1. The summed E-state index contributed by atoms with van der Waals surface area (Å²) in [5.74, 6) is 0. The van der Waals surface area contributed by atoms with Crippen molar-refractivity contribution in [2.24, 2.45) is 0 Å². The lowest BCUT2D eigenvalue weighted by atomic mass is 10.1. The predicted molar refractivity (Wildman–Crippen MR) is 40.5 cm³/mol. The van der Waals surface area contributed by atoms with Gasteiger partial charge in [0.1, 0.15) is 6.29 Å². The second kappa shape index (κ2) is 3.20. The zero-order valence-electron chi connectivity index (χ0n) is 6.08. The van der Waals surface area contributed by atoms with Crippen LogP contribution in [0.1, 0.15) is 6.42 Å². The Morgan fingerprint density at radius 3 is 3.00 bits per heavy atom. The molecule has 10 heavy (non-hydrogen) atoms. The highest BCUT2D eigenvalue weighted by atomic mass is 16.1. The van der Waals surface area contributed by atoms with Crippen LogP contribution < -0.4 is 0 Å². The van der Waals surface area contributed by atoms with E-state index < -0.39 is 0 Å². The van der Waals surface area contributed by atoms with Crippen molar-refractivity contribution in [1.82, 2.24) is 4.90 Å². The lowest BCUT2D eigenvalue weighted by Gasteiger charge is -2.18. The van der Waals surface area contributed by atoms with Crippen molar-refractivity contribution >= 4 is 6.29 Å². The molecule has 0 aromatic carbocycles. The summed E-state index contributed by atoms with van der Waals surface area (Å²) in [4.78, 5) is 12.1. The van der Waals surface area contributed by atoms with Crippen molar-refractivity contribution in [2.75, 3.05) is 13.6 Å². The zero-order chi connectivity index (χ0) is 7.40. The van der Waals surface area contributed by atoms with Crippen molar-refractivity contribution in [3.8, 4) is 0 Å². The van der Waals surface area contributed by atoms with E-state index in [1.807, 2.05) is 19.3 Å². The Bertz CT molecular complexity index is 182. The summed E-state index contributed by atoms with van der Waals surface area (Å²) in [5.41, 5.74) is 1.12. The average Bonchev–Trinajstić information content (AvgIpc) is 1.95. The van der Waals surface area contributed by atoms with Gasteiger partial charge in [-0.3, -0.25) is 4.79 Å². The molecule has 0 bridgehead atoms. The molecule has 0 amide bonds. The molecule has 1 heterocycles. The molecular formula is C8H11NO. The molecule has 0 fully saturated rings. The molecule has 2 heteroatoms. The fourth-order valence-corrected chi connectivity index (χ4v) is 0.913. The number of hydrogen-bond donors (Lipinski definition) is 0. The second-order valence-corrected chi connectivity index (χ2v) is 2.42. The second-order valence-electron chi connectivity index (χ2n) is 2.42. The molecule has 0 aromatic rings. The number of rotatable bonds is 1. The molecule has 0 aromatic heterocycles. The largest absolute Gasteiger partial charge is 0.380 e. The van der Waals surface area contributed by atoms with Crippen LogP contribution in [0.2, 0.25) is 0 Å². The number of nitrogens with zero attached hydrogens (tertiary/aromatic N) is 1. The summed E-state index contributed by atoms with van der Waals surface area (Å²) in [7, 11) is 2.02. The van der Waals surface area contributed by atoms with Gasteiger partial charge in [0.05, 0.1) is 0 Å². The summed E-state index contributed by atoms with van der Waals surface area (Å²) in [6.07, 6.45) is 7.39. The smallest absolute Gasteiger partial charge is 0.143 e. The highest BCUT2D eigenvalue weighted by Crippen LogP contribution is 2.09. The third-order valence-corrected chi connectivity index (χ3v) is 1.58. The monoisotopic (exact) mass is 137 g/mol. The Kier molecular flexibility index (Phi) is 2.26. The predicted octanol–water partition coefficient (Wildman–Crippen LogP) is 0.961. The van der Waals surface area contributed by atoms with Gasteiger partial charge < -0.3 is 4.90 Å². The zero-order valence-corrected chi connectivity index (χ0v) is 6.08. The fourth-order valence-electron chi connectivity index (χ4n) is 0.913. The summed E-state index contributed by atoms with van der Waals surface area (Å²) in [6.45, 7) is 1.01. The van der Waals surface area contributed by atoms with E-state index in [1.165, 1.54) is 0 Å². The number of hydrogen-bond acceptors (Lipinski definition) is 2. The normalized spacial score (nSPS) is 21.7. The Balaban J connectivity index is 2.60. The minimum absolute atomic E-state index is 0.838. The quantitative estimate of drug-likeness (QED) is 0.396. The molecule has 0 saturated carbocycles. The van der Waals surface area contributed by atoms with Crippen LogP contribution in [0.25, 0.3) is 0 Å². The topological polar surface area (TPSA) is 20.3 Å². The maximum absolute atomic E-state index is 10.0. The van der Waals surface area contributed by atoms with E-state index in [-0.39, 0.29) is 0 Å². The van der Waals surface area contributed by atoms with E-state index >= 15 is 0 Å². The fraction of sp³-hybridized carbons (Fsp3) is 0.375. The Morgan fingerprint density at radius 2 is 2.50 bits per heavy atom. The van der Waals surface area contributed by atoms with Crippen molar-refractivity contribution in [2.45, 2.75) is 6.42 Å². The maximum atomic E-state index is 10.0. The minimum atomic E-state index is 0.838. The number of carbonyl (C=O) groups is 1. The molecule has 1 aliphatic rings. The van der Waals surface area contributed by atoms with Gasteiger partial charge in [0.15, 0.2) is 0 Å². The van der Waals surface area contributed by atoms with Gasteiger partial charge >= 0.3 is 0 Å². The van der Waals surface area contributed by atoms with Gasteiger partial charge in [-0.1, -0.05) is 0 Å². The van der Waals surface area contributed by atoms with Gasteiger partial charge in [0.2, 0.25) is 0 Å². The summed E-state index contributed by atoms with van der Waals surface area (Å²) in [5, 5.41) is 0. The summed E-state index contributed by atoms with van der Waals surface area (Å²) in [6, 6.07) is 0. The molecule has 0 aliphatic carbocycles. The first-order valence-electron chi connectivity index (χ1n) is 3.35. The van der Waals surface area contributed by atoms with Crippen molar-refractivity contribution in [3.05, 3.63) is 23.9 Å². The molecule has 0 unspecified atom stereocenters. The van der Waals surface area contributed by atoms with Crippen LogP contribution in [-0.2, 0) is 4.79 Å². The first-order valence-corrected chi connectivity index (χ1v) is 3.35. The third-order valence-electron chi connectivity index (χ3n) is 1.58. The molecule has 0 atom stereocenters. The third kappa shape index (κ3) is 1.72. The van der Waals surface area contributed by atoms with E-state index in [9.17, 15) is 4.79 Å². The van der Waals surface area contributed by atoms with Gasteiger partial charge in [0, 0.05) is 13.6 Å². The van der Waals surface area contributed by atoms with E-state index in [2.05, 4.69) is 4.90 Å². The standard InChI is InChI=1S/C8H11NO/c1-9-5-2-8(3-6-9)4-7-10/h2,4-5,7H,3,6H2,1H3/b8-4+. The molecule has 1 aliphatic heterocycles. The van der Waals surface area contributed by atoms with E-state index in [1.54, 1.807) is 6.08 Å². The lowest BCUT2D eigenvalue weighted by molar-refractivity contribution is -0.104. The van der Waals surface area contributed by atoms with Gasteiger partial charge in [-0.25, -0.2) is 0 Å². The minimum Gasteiger partial charge on any atom is -0.380 e. The molecule has 2 nitrogen and oxygen atoms in total. The van der Waals surface area contributed by atoms with Crippen LogP contribution >= 0.6 is 0 Å². The Morgan fingerprint density at radius 1 is 1.70 bits per heavy atom. The summed E-state index contributed by atoms with van der Waals surface area (Å²) >= 11 is 0. The first-order chi connectivity index (χ1) is 4.83. The van der Waals surface area contributed by atoms with Crippen molar-refractivity contribution < 1.29 is 4.79 Å². The van der Waals surface area contributed by atoms with E-state index in [4.69, 9.17) is 0 Å². The maximum Gasteiger partial charge on any atom is 0.143 e. The Hall–Kier alpha value is -1.05. The highest BCUT2D eigenvalue weighted by molar-refractivity contribution is 5.67. The van der Waals surface area contributed by atoms with Gasteiger partial charge in [-0.2, -0.15) is 0 Å². The lowest BCUT2D eigenvalue weighted by Crippen LogP contribution is -2.16. The number of aldehydes is 1. The molecule has 0 saturated heterocycles. The first kappa shape index (κ1) is 7.06. The average molecular weight is 137 g/mol. The number of allylic oxidation sites excluding steroid dienone is 2. The van der Waals surface area contributed by atoms with Crippen LogP contribution in [0.5, 0.6) is 0 Å². The molecular weight excluding hydrogens is 126 g/mol. The van der Waals surface area contributed by atoms with Crippen LogP contribution in [0.4, 0.5) is 0 Å². The molecule has 0 N–H and O–H groups in total. The van der Waals surface area contributed by atoms with Crippen molar-refractivity contribution in [1.29, 1.82) is 0 Å². The Labute approximate surface area is 60.8 Å². The van der Waals surface area contributed by atoms with Gasteiger partial charge in [-0.05, 0) is 30.3 Å². The van der Waals surface area contributed by atoms with Crippen molar-refractivity contribution in [3.63, 3.8) is 0 Å². The van der Waals surface area contributed by atoms with Gasteiger partial charge in [0.25, 0.3) is 0 Å². The van der Waals surface area contributed by atoms with E-state index in [0.29, 0.717) is 0 Å². The van der Waals surface area contributed by atoms with Crippen LogP contribution in [-0.4, -0.2) is 24.8 Å². The van der Waals surface area contributed by atoms with Crippen LogP contribution in [0, 0.1) is 0 Å².